The number of rotatable bonds is 5. The van der Waals surface area contributed by atoms with Gasteiger partial charge < -0.3 is 9.88 Å². The third kappa shape index (κ3) is 4.15. The molecule has 0 saturated carbocycles. The van der Waals surface area contributed by atoms with E-state index in [1.807, 2.05) is 29.3 Å². The zero-order chi connectivity index (χ0) is 17.1. The van der Waals surface area contributed by atoms with Gasteiger partial charge >= 0.3 is 0 Å². The topological polar surface area (TPSA) is 50.9 Å². The van der Waals surface area contributed by atoms with E-state index in [1.54, 1.807) is 0 Å². The maximum absolute atomic E-state index is 4.55. The van der Waals surface area contributed by atoms with Crippen LogP contribution in [0.25, 0.3) is 0 Å². The first-order valence-electron chi connectivity index (χ1n) is 8.77. The maximum atomic E-state index is 4.55. The van der Waals surface area contributed by atoms with Crippen LogP contribution in [0.15, 0.2) is 55.1 Å². The van der Waals surface area contributed by atoms with Crippen molar-refractivity contribution in [2.45, 2.75) is 19.1 Å². The van der Waals surface area contributed by atoms with Crippen LogP contribution in [0.5, 0.6) is 0 Å². The first-order chi connectivity index (χ1) is 12.3. The Balaban J connectivity index is 0.00000196. The highest BCUT2D eigenvalue weighted by atomic mass is 35.5. The van der Waals surface area contributed by atoms with Gasteiger partial charge in [-0.2, -0.15) is 5.10 Å². The average molecular weight is 373 g/mol. The van der Waals surface area contributed by atoms with E-state index in [-0.39, 0.29) is 12.4 Å². The summed E-state index contributed by atoms with van der Waals surface area (Å²) in [5.74, 6) is 1.11. The zero-order valence-corrected chi connectivity index (χ0v) is 15.8. The van der Waals surface area contributed by atoms with Crippen molar-refractivity contribution in [1.29, 1.82) is 0 Å². The van der Waals surface area contributed by atoms with E-state index in [0.717, 1.165) is 38.5 Å². The highest BCUT2D eigenvalue weighted by molar-refractivity contribution is 5.85. The molecular formula is C19H25ClN6. The predicted octanol–water partition coefficient (Wildman–Crippen LogP) is 2.23. The van der Waals surface area contributed by atoms with Gasteiger partial charge in [0.15, 0.2) is 0 Å². The summed E-state index contributed by atoms with van der Waals surface area (Å²) in [6.45, 7) is 4.67. The zero-order valence-electron chi connectivity index (χ0n) is 15.0. The van der Waals surface area contributed by atoms with E-state index >= 15 is 0 Å². The molecule has 4 rings (SSSR count). The van der Waals surface area contributed by atoms with Crippen LogP contribution in [0.2, 0.25) is 0 Å². The summed E-state index contributed by atoms with van der Waals surface area (Å²) in [5.41, 5.74) is 2.52. The Morgan fingerprint density at radius 3 is 2.77 bits per heavy atom. The fourth-order valence-corrected chi connectivity index (χ4v) is 3.47. The molecule has 2 aromatic heterocycles. The van der Waals surface area contributed by atoms with Crippen LogP contribution in [0, 0.1) is 0 Å². The minimum atomic E-state index is 0. The number of nitrogens with one attached hydrogen (secondary N) is 1. The molecule has 7 heteroatoms. The molecule has 1 saturated heterocycles. The Hall–Kier alpha value is -2.15. The summed E-state index contributed by atoms with van der Waals surface area (Å²) in [4.78, 5) is 7.04. The highest BCUT2D eigenvalue weighted by Crippen LogP contribution is 2.22. The fraction of sp³-hybridized carbons (Fsp3) is 0.368. The number of piperazine rings is 1. The van der Waals surface area contributed by atoms with Crippen molar-refractivity contribution in [2.75, 3.05) is 19.6 Å². The third-order valence-corrected chi connectivity index (χ3v) is 4.77. The van der Waals surface area contributed by atoms with E-state index in [4.69, 9.17) is 0 Å². The summed E-state index contributed by atoms with van der Waals surface area (Å²) < 4.78 is 4.13. The fourth-order valence-electron chi connectivity index (χ4n) is 3.47. The standard InChI is InChI=1S/C19H24N6.ClH/c1-23-9-8-21-19(23)18-12-20-7-10-24(18)13-17-11-22-25(15-17)14-16-5-3-2-4-6-16;/h2-6,8-9,11,15,18,20H,7,10,12-14H2,1H3;1H. The highest BCUT2D eigenvalue weighted by Gasteiger charge is 2.26. The Kier molecular flexibility index (Phi) is 6.08. The number of imidazole rings is 1. The summed E-state index contributed by atoms with van der Waals surface area (Å²) >= 11 is 0. The second kappa shape index (κ2) is 8.49. The number of hydrogen-bond acceptors (Lipinski definition) is 4. The van der Waals surface area contributed by atoms with Crippen molar-refractivity contribution in [2.24, 2.45) is 7.05 Å². The molecule has 1 atom stereocenters. The summed E-state index contributed by atoms with van der Waals surface area (Å²) in [7, 11) is 2.06. The molecule has 26 heavy (non-hydrogen) atoms. The molecule has 0 bridgehead atoms. The minimum Gasteiger partial charge on any atom is -0.337 e. The van der Waals surface area contributed by atoms with E-state index in [2.05, 4.69) is 62.4 Å². The molecule has 0 radical (unpaired) electrons. The van der Waals surface area contributed by atoms with Gasteiger partial charge in [0.25, 0.3) is 0 Å². The van der Waals surface area contributed by atoms with Gasteiger partial charge in [0.05, 0.1) is 18.8 Å². The quantitative estimate of drug-likeness (QED) is 0.746. The monoisotopic (exact) mass is 372 g/mol. The first-order valence-corrected chi connectivity index (χ1v) is 8.77. The largest absolute Gasteiger partial charge is 0.337 e. The van der Waals surface area contributed by atoms with Crippen LogP contribution in [-0.2, 0) is 20.1 Å². The SMILES string of the molecule is Cl.Cn1ccnc1C1CNCCN1Cc1cnn(Cc2ccccc2)c1. The van der Waals surface area contributed by atoms with Gasteiger partial charge in [-0.1, -0.05) is 30.3 Å². The predicted molar refractivity (Wildman–Crippen MR) is 104 cm³/mol. The van der Waals surface area contributed by atoms with Gasteiger partial charge in [-0.15, -0.1) is 12.4 Å². The molecular weight excluding hydrogens is 348 g/mol. The van der Waals surface area contributed by atoms with Crippen LogP contribution in [0.1, 0.15) is 23.0 Å². The second-order valence-electron chi connectivity index (χ2n) is 6.62. The number of hydrogen-bond donors (Lipinski definition) is 1. The molecule has 0 amide bonds. The lowest BCUT2D eigenvalue weighted by molar-refractivity contribution is 0.144. The number of aromatic nitrogens is 4. The van der Waals surface area contributed by atoms with Crippen molar-refractivity contribution in [1.82, 2.24) is 29.5 Å². The van der Waals surface area contributed by atoms with Crippen LogP contribution in [-0.4, -0.2) is 43.9 Å². The van der Waals surface area contributed by atoms with Crippen molar-refractivity contribution < 1.29 is 0 Å². The number of nitrogens with zero attached hydrogens (tertiary/aromatic N) is 5. The third-order valence-electron chi connectivity index (χ3n) is 4.77. The number of aryl methyl sites for hydroxylation is 1. The molecule has 6 nitrogen and oxygen atoms in total. The molecule has 1 aromatic carbocycles. The van der Waals surface area contributed by atoms with E-state index in [0.29, 0.717) is 6.04 Å². The normalized spacial score (nSPS) is 17.8. The molecule has 138 valence electrons. The lowest BCUT2D eigenvalue weighted by atomic mass is 10.1. The summed E-state index contributed by atoms with van der Waals surface area (Å²) in [5, 5.41) is 8.02. The van der Waals surface area contributed by atoms with E-state index in [9.17, 15) is 0 Å². The summed E-state index contributed by atoms with van der Waals surface area (Å²) in [6.07, 6.45) is 8.03. The van der Waals surface area contributed by atoms with Gasteiger partial charge in [-0.25, -0.2) is 4.98 Å². The molecule has 1 unspecified atom stereocenters. The average Bonchev–Trinajstić information content (AvgIpc) is 3.25. The minimum absolute atomic E-state index is 0. The molecule has 3 aromatic rings. The number of halogens is 1. The van der Waals surface area contributed by atoms with Crippen LogP contribution in [0.4, 0.5) is 0 Å². The van der Waals surface area contributed by atoms with Crippen LogP contribution in [0.3, 0.4) is 0 Å². The Bertz CT molecular complexity index is 812. The molecule has 1 fully saturated rings. The molecule has 0 spiro atoms. The smallest absolute Gasteiger partial charge is 0.127 e. The van der Waals surface area contributed by atoms with Gasteiger partial charge in [0, 0.05) is 57.4 Å². The molecule has 1 aliphatic heterocycles. The van der Waals surface area contributed by atoms with Gasteiger partial charge in [-0.05, 0) is 5.56 Å². The maximum Gasteiger partial charge on any atom is 0.127 e. The van der Waals surface area contributed by atoms with Gasteiger partial charge in [-0.3, -0.25) is 9.58 Å². The van der Waals surface area contributed by atoms with E-state index in [1.165, 1.54) is 11.1 Å². The van der Waals surface area contributed by atoms with Crippen LogP contribution < -0.4 is 5.32 Å². The van der Waals surface area contributed by atoms with Gasteiger partial charge in [0.2, 0.25) is 0 Å². The Morgan fingerprint density at radius 2 is 2.00 bits per heavy atom. The van der Waals surface area contributed by atoms with Gasteiger partial charge in [0.1, 0.15) is 5.82 Å². The van der Waals surface area contributed by atoms with Crippen LogP contribution >= 0.6 is 12.4 Å². The molecule has 3 heterocycles. The van der Waals surface area contributed by atoms with Crippen molar-refractivity contribution in [3.63, 3.8) is 0 Å². The molecule has 1 N–H and O–H groups in total. The number of benzene rings is 1. The van der Waals surface area contributed by atoms with Crippen molar-refractivity contribution >= 4 is 12.4 Å². The van der Waals surface area contributed by atoms with Crippen molar-refractivity contribution in [3.8, 4) is 0 Å². The molecule has 1 aliphatic rings. The lowest BCUT2D eigenvalue weighted by Gasteiger charge is -2.35. The second-order valence-corrected chi connectivity index (χ2v) is 6.62. The molecule has 0 aliphatic carbocycles. The lowest BCUT2D eigenvalue weighted by Crippen LogP contribution is -2.46. The summed E-state index contributed by atoms with van der Waals surface area (Å²) in [6, 6.07) is 10.7. The van der Waals surface area contributed by atoms with Crippen molar-refractivity contribution in [3.05, 3.63) is 72.1 Å². The Morgan fingerprint density at radius 1 is 1.15 bits per heavy atom. The first kappa shape index (κ1) is 18.6. The Labute approximate surface area is 160 Å². The van der Waals surface area contributed by atoms with E-state index < -0.39 is 0 Å².